The van der Waals surface area contributed by atoms with Crippen molar-refractivity contribution in [2.75, 3.05) is 11.1 Å². The number of nitrogens with one attached hydrogen (secondary N) is 1. The largest absolute Gasteiger partial charge is 0.397 e. The van der Waals surface area contributed by atoms with Crippen LogP contribution in [0.15, 0.2) is 30.4 Å². The summed E-state index contributed by atoms with van der Waals surface area (Å²) < 4.78 is 13.0. The van der Waals surface area contributed by atoms with E-state index in [2.05, 4.69) is 17.5 Å². The highest BCUT2D eigenvalue weighted by Crippen LogP contribution is 2.23. The van der Waals surface area contributed by atoms with E-state index in [1.807, 2.05) is 0 Å². The van der Waals surface area contributed by atoms with Gasteiger partial charge >= 0.3 is 0 Å². The van der Waals surface area contributed by atoms with Crippen LogP contribution in [0.2, 0.25) is 0 Å². The Morgan fingerprint density at radius 3 is 2.93 bits per heavy atom. The van der Waals surface area contributed by atoms with Crippen molar-refractivity contribution in [2.45, 2.75) is 25.3 Å². The zero-order chi connectivity index (χ0) is 10.7. The maximum Gasteiger partial charge on any atom is 0.125 e. The molecular formula is C12H15FN2. The molecule has 1 unspecified atom stereocenters. The van der Waals surface area contributed by atoms with Crippen LogP contribution < -0.4 is 11.1 Å². The molecule has 0 amide bonds. The molecule has 0 radical (unpaired) electrons. The molecule has 15 heavy (non-hydrogen) atoms. The number of benzene rings is 1. The molecule has 0 spiro atoms. The van der Waals surface area contributed by atoms with Gasteiger partial charge in [-0.05, 0) is 37.5 Å². The summed E-state index contributed by atoms with van der Waals surface area (Å²) in [4.78, 5) is 0. The molecule has 80 valence electrons. The normalized spacial score (nSPS) is 20.2. The van der Waals surface area contributed by atoms with Gasteiger partial charge in [0.25, 0.3) is 0 Å². The number of rotatable bonds is 2. The lowest BCUT2D eigenvalue weighted by Gasteiger charge is -2.21. The van der Waals surface area contributed by atoms with Crippen LogP contribution in [0.1, 0.15) is 19.3 Å². The van der Waals surface area contributed by atoms with Crippen LogP contribution in [0.25, 0.3) is 0 Å². The zero-order valence-electron chi connectivity index (χ0n) is 8.54. The molecule has 2 nitrogen and oxygen atoms in total. The minimum atomic E-state index is -0.252. The monoisotopic (exact) mass is 206 g/mol. The lowest BCUT2D eigenvalue weighted by molar-refractivity contribution is 0.623. The number of anilines is 2. The van der Waals surface area contributed by atoms with Crippen LogP contribution in [0.3, 0.4) is 0 Å². The Bertz CT molecular complexity index is 374. The highest BCUT2D eigenvalue weighted by Gasteiger charge is 2.11. The van der Waals surface area contributed by atoms with Gasteiger partial charge in [0.1, 0.15) is 5.82 Å². The lowest BCUT2D eigenvalue weighted by Crippen LogP contribution is -2.21. The summed E-state index contributed by atoms with van der Waals surface area (Å²) in [6, 6.07) is 4.80. The second-order valence-electron chi connectivity index (χ2n) is 3.86. The fourth-order valence-corrected chi connectivity index (χ4v) is 1.80. The molecule has 0 fully saturated rings. The third-order valence-corrected chi connectivity index (χ3v) is 2.64. The molecule has 1 aromatic carbocycles. The molecular weight excluding hydrogens is 191 g/mol. The number of allylic oxidation sites excluding steroid dienone is 1. The molecule has 0 saturated heterocycles. The number of nitrogens with two attached hydrogens (primary N) is 1. The van der Waals surface area contributed by atoms with Gasteiger partial charge in [-0.25, -0.2) is 4.39 Å². The predicted octanol–water partition coefficient (Wildman–Crippen LogP) is 2.93. The second-order valence-corrected chi connectivity index (χ2v) is 3.86. The first-order valence-corrected chi connectivity index (χ1v) is 5.22. The van der Waals surface area contributed by atoms with Gasteiger partial charge in [0.15, 0.2) is 0 Å². The summed E-state index contributed by atoms with van der Waals surface area (Å²) >= 11 is 0. The van der Waals surface area contributed by atoms with Crippen molar-refractivity contribution >= 4 is 11.4 Å². The molecule has 1 aromatic rings. The maximum atomic E-state index is 13.0. The van der Waals surface area contributed by atoms with Crippen LogP contribution in [0.5, 0.6) is 0 Å². The van der Waals surface area contributed by atoms with Gasteiger partial charge < -0.3 is 11.1 Å². The van der Waals surface area contributed by atoms with E-state index in [0.717, 1.165) is 19.3 Å². The molecule has 1 aliphatic carbocycles. The van der Waals surface area contributed by atoms with E-state index >= 15 is 0 Å². The van der Waals surface area contributed by atoms with E-state index in [1.54, 1.807) is 6.07 Å². The molecule has 1 atom stereocenters. The average molecular weight is 206 g/mol. The maximum absolute atomic E-state index is 13.0. The standard InChI is InChI=1S/C12H15FN2/c13-9-6-7-11(14)12(8-9)15-10-4-2-1-3-5-10/h1-2,6-8,10,15H,3-5,14H2. The Labute approximate surface area is 89.0 Å². The quantitative estimate of drug-likeness (QED) is 0.576. The molecule has 0 aromatic heterocycles. The van der Waals surface area contributed by atoms with Crippen molar-refractivity contribution in [2.24, 2.45) is 0 Å². The van der Waals surface area contributed by atoms with Crippen LogP contribution in [0, 0.1) is 5.82 Å². The fraction of sp³-hybridized carbons (Fsp3) is 0.333. The van der Waals surface area contributed by atoms with Gasteiger partial charge in [0.2, 0.25) is 0 Å². The Morgan fingerprint density at radius 2 is 2.20 bits per heavy atom. The highest BCUT2D eigenvalue weighted by molar-refractivity contribution is 5.66. The Balaban J connectivity index is 2.09. The van der Waals surface area contributed by atoms with Crippen molar-refractivity contribution in [3.63, 3.8) is 0 Å². The zero-order valence-corrected chi connectivity index (χ0v) is 8.54. The summed E-state index contributed by atoms with van der Waals surface area (Å²) in [7, 11) is 0. The van der Waals surface area contributed by atoms with Gasteiger partial charge in [-0.1, -0.05) is 12.2 Å². The van der Waals surface area contributed by atoms with Crippen molar-refractivity contribution in [3.05, 3.63) is 36.2 Å². The summed E-state index contributed by atoms with van der Waals surface area (Å²) in [5, 5.41) is 3.27. The van der Waals surface area contributed by atoms with Crippen LogP contribution in [0.4, 0.5) is 15.8 Å². The fourth-order valence-electron chi connectivity index (χ4n) is 1.80. The minimum Gasteiger partial charge on any atom is -0.397 e. The average Bonchev–Trinajstić information content (AvgIpc) is 2.25. The summed E-state index contributed by atoms with van der Waals surface area (Å²) in [6.45, 7) is 0. The van der Waals surface area contributed by atoms with Crippen LogP contribution in [-0.2, 0) is 0 Å². The smallest absolute Gasteiger partial charge is 0.125 e. The first-order chi connectivity index (χ1) is 7.25. The highest BCUT2D eigenvalue weighted by atomic mass is 19.1. The van der Waals surface area contributed by atoms with Crippen LogP contribution >= 0.6 is 0 Å². The van der Waals surface area contributed by atoms with Gasteiger partial charge in [0, 0.05) is 6.04 Å². The summed E-state index contributed by atoms with van der Waals surface area (Å²) in [5.41, 5.74) is 7.07. The van der Waals surface area contributed by atoms with Crippen molar-refractivity contribution in [1.82, 2.24) is 0 Å². The van der Waals surface area contributed by atoms with E-state index < -0.39 is 0 Å². The van der Waals surface area contributed by atoms with Gasteiger partial charge in [-0.3, -0.25) is 0 Å². The van der Waals surface area contributed by atoms with E-state index in [0.29, 0.717) is 17.4 Å². The van der Waals surface area contributed by atoms with E-state index in [-0.39, 0.29) is 5.82 Å². The third-order valence-electron chi connectivity index (χ3n) is 2.64. The predicted molar refractivity (Wildman–Crippen MR) is 61.2 cm³/mol. The molecule has 2 rings (SSSR count). The van der Waals surface area contributed by atoms with Gasteiger partial charge in [-0.2, -0.15) is 0 Å². The third kappa shape index (κ3) is 2.49. The topological polar surface area (TPSA) is 38.0 Å². The molecule has 1 aliphatic rings. The first-order valence-electron chi connectivity index (χ1n) is 5.22. The molecule has 3 heteroatoms. The molecule has 0 heterocycles. The van der Waals surface area contributed by atoms with E-state index in [1.165, 1.54) is 12.1 Å². The first kappa shape index (κ1) is 10.0. The van der Waals surface area contributed by atoms with Crippen molar-refractivity contribution in [1.29, 1.82) is 0 Å². The number of hydrogen-bond donors (Lipinski definition) is 2. The number of hydrogen-bond acceptors (Lipinski definition) is 2. The van der Waals surface area contributed by atoms with Gasteiger partial charge in [-0.15, -0.1) is 0 Å². The van der Waals surface area contributed by atoms with Gasteiger partial charge in [0.05, 0.1) is 11.4 Å². The molecule has 3 N–H and O–H groups in total. The second kappa shape index (κ2) is 4.34. The van der Waals surface area contributed by atoms with Crippen LogP contribution in [-0.4, -0.2) is 6.04 Å². The Morgan fingerprint density at radius 1 is 1.33 bits per heavy atom. The minimum absolute atomic E-state index is 0.252. The van der Waals surface area contributed by atoms with Crippen molar-refractivity contribution < 1.29 is 4.39 Å². The SMILES string of the molecule is Nc1ccc(F)cc1NC1CC=CCC1. The summed E-state index contributed by atoms with van der Waals surface area (Å²) in [5.74, 6) is -0.252. The Hall–Kier alpha value is -1.51. The van der Waals surface area contributed by atoms with E-state index in [9.17, 15) is 4.39 Å². The van der Waals surface area contributed by atoms with Crippen molar-refractivity contribution in [3.8, 4) is 0 Å². The summed E-state index contributed by atoms with van der Waals surface area (Å²) in [6.07, 6.45) is 7.46. The Kier molecular flexibility index (Phi) is 2.90. The number of nitrogen functional groups attached to an aromatic ring is 1. The molecule has 0 saturated carbocycles. The molecule has 0 bridgehead atoms. The molecule has 0 aliphatic heterocycles. The van der Waals surface area contributed by atoms with E-state index in [4.69, 9.17) is 5.73 Å². The lowest BCUT2D eigenvalue weighted by atomic mass is 10.0. The number of halogens is 1.